The molecule has 76 valence electrons. The number of hydrogen-bond acceptors (Lipinski definition) is 2. The highest BCUT2D eigenvalue weighted by atomic mass is 35.5. The molecule has 1 aromatic rings. The molecular weight excluding hydrogens is 196 g/mol. The molecule has 0 saturated carbocycles. The van der Waals surface area contributed by atoms with Gasteiger partial charge in [0.2, 0.25) is 0 Å². The number of hydrogen-bond donors (Lipinski definition) is 0. The standard InChI is InChI=1S/C11H15ClN2/c1-9-7-10(8-11(12)13-9)14-5-3-2-4-6-14/h7-8H,2-6H2,1H3. The van der Waals surface area contributed by atoms with E-state index in [9.17, 15) is 0 Å². The van der Waals surface area contributed by atoms with E-state index < -0.39 is 0 Å². The molecule has 0 aromatic carbocycles. The predicted octanol–water partition coefficient (Wildman–Crippen LogP) is 3.03. The van der Waals surface area contributed by atoms with E-state index in [0.717, 1.165) is 18.8 Å². The van der Waals surface area contributed by atoms with Crippen molar-refractivity contribution in [2.45, 2.75) is 26.2 Å². The van der Waals surface area contributed by atoms with Gasteiger partial charge in [0.1, 0.15) is 5.15 Å². The van der Waals surface area contributed by atoms with Crippen molar-refractivity contribution < 1.29 is 0 Å². The molecule has 0 spiro atoms. The van der Waals surface area contributed by atoms with Crippen LogP contribution in [0.3, 0.4) is 0 Å². The Labute approximate surface area is 89.9 Å². The summed E-state index contributed by atoms with van der Waals surface area (Å²) in [7, 11) is 0. The Morgan fingerprint density at radius 1 is 1.21 bits per heavy atom. The molecule has 0 unspecified atom stereocenters. The first-order chi connectivity index (χ1) is 6.75. The van der Waals surface area contributed by atoms with E-state index in [1.54, 1.807) is 0 Å². The molecule has 0 aliphatic carbocycles. The van der Waals surface area contributed by atoms with Crippen LogP contribution in [0.2, 0.25) is 5.15 Å². The number of aromatic nitrogens is 1. The predicted molar refractivity (Wildman–Crippen MR) is 60.0 cm³/mol. The number of piperidine rings is 1. The SMILES string of the molecule is Cc1cc(N2CCCCC2)cc(Cl)n1. The fourth-order valence-corrected chi connectivity index (χ4v) is 2.19. The molecule has 2 heterocycles. The van der Waals surface area contributed by atoms with E-state index in [1.807, 2.05) is 13.0 Å². The maximum absolute atomic E-state index is 5.93. The molecule has 1 saturated heterocycles. The molecule has 1 aliphatic rings. The first kappa shape index (κ1) is 9.78. The fraction of sp³-hybridized carbons (Fsp3) is 0.545. The van der Waals surface area contributed by atoms with Crippen molar-refractivity contribution >= 4 is 17.3 Å². The second-order valence-electron chi connectivity index (χ2n) is 3.84. The average molecular weight is 211 g/mol. The van der Waals surface area contributed by atoms with Crippen LogP contribution in [-0.2, 0) is 0 Å². The molecule has 0 atom stereocenters. The van der Waals surface area contributed by atoms with Crippen LogP contribution < -0.4 is 4.90 Å². The summed E-state index contributed by atoms with van der Waals surface area (Å²) in [6, 6.07) is 4.07. The number of pyridine rings is 1. The van der Waals surface area contributed by atoms with E-state index in [2.05, 4.69) is 16.0 Å². The van der Waals surface area contributed by atoms with Crippen molar-refractivity contribution in [3.63, 3.8) is 0 Å². The van der Waals surface area contributed by atoms with Gasteiger partial charge < -0.3 is 4.90 Å². The van der Waals surface area contributed by atoms with Gasteiger partial charge in [-0.05, 0) is 38.3 Å². The maximum Gasteiger partial charge on any atom is 0.131 e. The van der Waals surface area contributed by atoms with Gasteiger partial charge in [-0.2, -0.15) is 0 Å². The Bertz CT molecular complexity index is 299. The van der Waals surface area contributed by atoms with Gasteiger partial charge in [-0.25, -0.2) is 4.98 Å². The highest BCUT2D eigenvalue weighted by Crippen LogP contribution is 2.22. The van der Waals surface area contributed by atoms with Gasteiger partial charge in [-0.1, -0.05) is 11.6 Å². The van der Waals surface area contributed by atoms with Crippen LogP contribution in [0.4, 0.5) is 5.69 Å². The van der Waals surface area contributed by atoms with Gasteiger partial charge in [-0.3, -0.25) is 0 Å². The van der Waals surface area contributed by atoms with Crippen LogP contribution in [0, 0.1) is 6.92 Å². The monoisotopic (exact) mass is 210 g/mol. The smallest absolute Gasteiger partial charge is 0.131 e. The Morgan fingerprint density at radius 2 is 1.93 bits per heavy atom. The van der Waals surface area contributed by atoms with Crippen LogP contribution in [0.25, 0.3) is 0 Å². The van der Waals surface area contributed by atoms with Crippen LogP contribution in [0.1, 0.15) is 25.0 Å². The molecule has 0 N–H and O–H groups in total. The molecular formula is C11H15ClN2. The maximum atomic E-state index is 5.93. The van der Waals surface area contributed by atoms with Crippen molar-refractivity contribution in [3.05, 3.63) is 23.0 Å². The molecule has 1 aliphatic heterocycles. The second-order valence-corrected chi connectivity index (χ2v) is 4.22. The summed E-state index contributed by atoms with van der Waals surface area (Å²) in [6.45, 7) is 4.29. The average Bonchev–Trinajstić information content (AvgIpc) is 2.18. The molecule has 3 heteroatoms. The minimum Gasteiger partial charge on any atom is -0.371 e. The summed E-state index contributed by atoms with van der Waals surface area (Å²) in [5.41, 5.74) is 2.22. The van der Waals surface area contributed by atoms with E-state index in [0.29, 0.717) is 5.15 Å². The third-order valence-corrected chi connectivity index (χ3v) is 2.82. The summed E-state index contributed by atoms with van der Waals surface area (Å²) in [4.78, 5) is 6.56. The Kier molecular flexibility index (Phi) is 2.92. The lowest BCUT2D eigenvalue weighted by atomic mass is 10.1. The van der Waals surface area contributed by atoms with E-state index in [1.165, 1.54) is 24.9 Å². The first-order valence-electron chi connectivity index (χ1n) is 5.15. The Balaban J connectivity index is 2.21. The number of halogens is 1. The van der Waals surface area contributed by atoms with Gasteiger partial charge in [-0.15, -0.1) is 0 Å². The topological polar surface area (TPSA) is 16.1 Å². The summed E-state index contributed by atoms with van der Waals surface area (Å²) in [5.74, 6) is 0. The normalized spacial score (nSPS) is 17.1. The van der Waals surface area contributed by atoms with Gasteiger partial charge >= 0.3 is 0 Å². The van der Waals surface area contributed by atoms with E-state index in [-0.39, 0.29) is 0 Å². The minimum absolute atomic E-state index is 0.602. The van der Waals surface area contributed by atoms with Crippen molar-refractivity contribution in [1.29, 1.82) is 0 Å². The van der Waals surface area contributed by atoms with E-state index in [4.69, 9.17) is 11.6 Å². The van der Waals surface area contributed by atoms with Crippen LogP contribution in [0.15, 0.2) is 12.1 Å². The van der Waals surface area contributed by atoms with Crippen molar-refractivity contribution in [3.8, 4) is 0 Å². The highest BCUT2D eigenvalue weighted by molar-refractivity contribution is 6.29. The molecule has 0 amide bonds. The molecule has 2 nitrogen and oxygen atoms in total. The number of anilines is 1. The summed E-state index contributed by atoms with van der Waals surface area (Å²) >= 11 is 5.93. The van der Waals surface area contributed by atoms with Crippen LogP contribution in [0.5, 0.6) is 0 Å². The van der Waals surface area contributed by atoms with Crippen LogP contribution in [-0.4, -0.2) is 18.1 Å². The quantitative estimate of drug-likeness (QED) is 0.663. The second kappa shape index (κ2) is 4.18. The van der Waals surface area contributed by atoms with Crippen LogP contribution >= 0.6 is 11.6 Å². The minimum atomic E-state index is 0.602. The third-order valence-electron chi connectivity index (χ3n) is 2.63. The lowest BCUT2D eigenvalue weighted by molar-refractivity contribution is 0.577. The Morgan fingerprint density at radius 3 is 2.57 bits per heavy atom. The van der Waals surface area contributed by atoms with Gasteiger partial charge in [0.25, 0.3) is 0 Å². The zero-order valence-electron chi connectivity index (χ0n) is 8.46. The molecule has 2 rings (SSSR count). The first-order valence-corrected chi connectivity index (χ1v) is 5.52. The highest BCUT2D eigenvalue weighted by Gasteiger charge is 2.11. The lowest BCUT2D eigenvalue weighted by Gasteiger charge is -2.28. The van der Waals surface area contributed by atoms with E-state index >= 15 is 0 Å². The summed E-state index contributed by atoms with van der Waals surface area (Å²) in [6.07, 6.45) is 3.94. The molecule has 0 radical (unpaired) electrons. The summed E-state index contributed by atoms with van der Waals surface area (Å²) in [5, 5.41) is 0.602. The number of rotatable bonds is 1. The fourth-order valence-electron chi connectivity index (χ4n) is 1.95. The zero-order valence-corrected chi connectivity index (χ0v) is 9.22. The molecule has 1 fully saturated rings. The van der Waals surface area contributed by atoms with Crippen molar-refractivity contribution in [2.24, 2.45) is 0 Å². The van der Waals surface area contributed by atoms with Crippen molar-refractivity contribution in [2.75, 3.05) is 18.0 Å². The Hall–Kier alpha value is -0.760. The largest absolute Gasteiger partial charge is 0.371 e. The number of nitrogens with zero attached hydrogens (tertiary/aromatic N) is 2. The third kappa shape index (κ3) is 2.18. The zero-order chi connectivity index (χ0) is 9.97. The number of aryl methyl sites for hydroxylation is 1. The molecule has 0 bridgehead atoms. The van der Waals surface area contributed by atoms with Gasteiger partial charge in [0.05, 0.1) is 0 Å². The molecule has 14 heavy (non-hydrogen) atoms. The van der Waals surface area contributed by atoms with Gasteiger partial charge in [0.15, 0.2) is 0 Å². The van der Waals surface area contributed by atoms with Crippen molar-refractivity contribution in [1.82, 2.24) is 4.98 Å². The summed E-state index contributed by atoms with van der Waals surface area (Å²) < 4.78 is 0. The lowest BCUT2D eigenvalue weighted by Crippen LogP contribution is -2.29. The molecule has 1 aromatic heterocycles. The van der Waals surface area contributed by atoms with Gasteiger partial charge in [0, 0.05) is 24.5 Å².